The summed E-state index contributed by atoms with van der Waals surface area (Å²) in [5.41, 5.74) is 0.529. The molecule has 3 N–H and O–H groups in total. The minimum atomic E-state index is -0.209. The quantitative estimate of drug-likeness (QED) is 0.585. The summed E-state index contributed by atoms with van der Waals surface area (Å²) in [4.78, 5) is 26.8. The van der Waals surface area contributed by atoms with E-state index in [1.807, 2.05) is 0 Å². The van der Waals surface area contributed by atoms with Gasteiger partial charge in [0.05, 0.1) is 16.8 Å². The van der Waals surface area contributed by atoms with Crippen LogP contribution in [0.25, 0.3) is 0 Å². The molecular weight excluding hydrogens is 411 g/mol. The summed E-state index contributed by atoms with van der Waals surface area (Å²) in [7, 11) is 0. The highest BCUT2D eigenvalue weighted by Crippen LogP contribution is 2.26. The topological polar surface area (TPSA) is 73.5 Å². The van der Waals surface area contributed by atoms with Crippen molar-refractivity contribution >= 4 is 41.0 Å². The zero-order valence-electron chi connectivity index (χ0n) is 16.7. The molecule has 1 saturated carbocycles. The predicted octanol–water partition coefficient (Wildman–Crippen LogP) is 5.40. The van der Waals surface area contributed by atoms with Gasteiger partial charge in [-0.2, -0.15) is 0 Å². The highest BCUT2D eigenvalue weighted by atomic mass is 35.5. The van der Waals surface area contributed by atoms with Gasteiger partial charge in [0, 0.05) is 24.2 Å². The van der Waals surface area contributed by atoms with E-state index in [4.69, 9.17) is 23.2 Å². The molecule has 8 heteroatoms. The summed E-state index contributed by atoms with van der Waals surface area (Å²) >= 11 is 12.1. The maximum atomic E-state index is 12.7. The Hall–Kier alpha value is -1.66. The minimum Gasteiger partial charge on any atom is -0.336 e. The molecule has 29 heavy (non-hydrogen) atoms. The van der Waals surface area contributed by atoms with Crippen LogP contribution in [0.1, 0.15) is 57.8 Å². The number of likely N-dealkylation sites (tertiary alicyclic amines) is 1. The van der Waals surface area contributed by atoms with E-state index < -0.39 is 0 Å². The van der Waals surface area contributed by atoms with Gasteiger partial charge in [-0.25, -0.2) is 9.59 Å². The van der Waals surface area contributed by atoms with E-state index in [9.17, 15) is 9.59 Å². The van der Waals surface area contributed by atoms with Crippen LogP contribution in [0.2, 0.25) is 10.0 Å². The number of carbonyl (C=O) groups is 2. The lowest BCUT2D eigenvalue weighted by molar-refractivity contribution is 0.202. The van der Waals surface area contributed by atoms with Crippen LogP contribution in [0.15, 0.2) is 18.2 Å². The number of halogens is 2. The number of hydrogen-bond acceptors (Lipinski definition) is 2. The molecule has 6 nitrogen and oxygen atoms in total. The molecule has 160 valence electrons. The summed E-state index contributed by atoms with van der Waals surface area (Å²) in [6.45, 7) is 1.11. The summed E-state index contributed by atoms with van der Waals surface area (Å²) in [6.07, 6.45) is 10.0. The van der Waals surface area contributed by atoms with Crippen molar-refractivity contribution in [3.8, 4) is 0 Å². The Kier molecular flexibility index (Phi) is 8.30. The average Bonchev–Trinajstić information content (AvgIpc) is 3.13. The van der Waals surface area contributed by atoms with Gasteiger partial charge in [-0.15, -0.1) is 0 Å². The van der Waals surface area contributed by atoms with Gasteiger partial charge in [0.25, 0.3) is 0 Å². The van der Waals surface area contributed by atoms with Crippen LogP contribution < -0.4 is 16.0 Å². The number of nitrogens with zero attached hydrogens (tertiary/aromatic N) is 1. The van der Waals surface area contributed by atoms with Crippen molar-refractivity contribution in [2.45, 2.75) is 69.9 Å². The van der Waals surface area contributed by atoms with Crippen molar-refractivity contribution in [2.24, 2.45) is 0 Å². The van der Waals surface area contributed by atoms with Crippen molar-refractivity contribution < 1.29 is 9.59 Å². The first-order chi connectivity index (χ1) is 14.0. The number of amides is 4. The highest BCUT2D eigenvalue weighted by molar-refractivity contribution is 6.36. The number of carbonyl (C=O) groups excluding carboxylic acids is 2. The highest BCUT2D eigenvalue weighted by Gasteiger charge is 2.29. The lowest BCUT2D eigenvalue weighted by Gasteiger charge is -2.26. The Morgan fingerprint density at radius 2 is 1.72 bits per heavy atom. The van der Waals surface area contributed by atoms with Gasteiger partial charge < -0.3 is 20.9 Å². The van der Waals surface area contributed by atoms with Crippen LogP contribution in [-0.2, 0) is 0 Å². The summed E-state index contributed by atoms with van der Waals surface area (Å²) in [5, 5.41) is 9.83. The second kappa shape index (κ2) is 10.9. The SMILES string of the molecule is O=C(NCC1CCCN1C(=O)Nc1ccc(Cl)cc1Cl)NC1CCCCCCC1. The van der Waals surface area contributed by atoms with E-state index in [2.05, 4.69) is 16.0 Å². The average molecular weight is 441 g/mol. The molecule has 1 atom stereocenters. The molecule has 0 aromatic heterocycles. The van der Waals surface area contributed by atoms with Gasteiger partial charge in [-0.1, -0.05) is 55.3 Å². The maximum Gasteiger partial charge on any atom is 0.322 e. The standard InChI is InChI=1S/C21H30Cl2N4O2/c22-15-10-11-19(18(23)13-15)26-21(29)27-12-6-9-17(27)14-24-20(28)25-16-7-4-2-1-3-5-8-16/h10-11,13,16-17H,1-9,12,14H2,(H,26,29)(H2,24,25,28). The molecule has 0 radical (unpaired) electrons. The van der Waals surface area contributed by atoms with E-state index in [-0.39, 0.29) is 24.1 Å². The van der Waals surface area contributed by atoms with Crippen molar-refractivity contribution in [3.63, 3.8) is 0 Å². The summed E-state index contributed by atoms with van der Waals surface area (Å²) in [5.74, 6) is 0. The Morgan fingerprint density at radius 1 is 1.00 bits per heavy atom. The smallest absolute Gasteiger partial charge is 0.322 e. The first kappa shape index (κ1) is 22.0. The Morgan fingerprint density at radius 3 is 2.45 bits per heavy atom. The molecule has 3 rings (SSSR count). The number of urea groups is 2. The molecular formula is C21H30Cl2N4O2. The van der Waals surface area contributed by atoms with E-state index in [1.165, 1.54) is 32.1 Å². The summed E-state index contributed by atoms with van der Waals surface area (Å²) in [6, 6.07) is 4.86. The molecule has 1 heterocycles. The Labute approximate surface area is 182 Å². The number of benzene rings is 1. The largest absolute Gasteiger partial charge is 0.336 e. The predicted molar refractivity (Wildman–Crippen MR) is 118 cm³/mol. The van der Waals surface area contributed by atoms with Gasteiger partial charge in [0.15, 0.2) is 0 Å². The fraction of sp³-hybridized carbons (Fsp3) is 0.619. The number of rotatable bonds is 4. The van der Waals surface area contributed by atoms with Gasteiger partial charge >= 0.3 is 12.1 Å². The minimum absolute atomic E-state index is 0.0239. The molecule has 1 saturated heterocycles. The molecule has 1 aliphatic heterocycles. The normalized spacial score (nSPS) is 20.6. The van der Waals surface area contributed by atoms with Crippen LogP contribution in [0.4, 0.5) is 15.3 Å². The first-order valence-electron chi connectivity index (χ1n) is 10.6. The molecule has 1 aromatic carbocycles. The molecule has 2 fully saturated rings. The third-order valence-electron chi connectivity index (χ3n) is 5.75. The molecule has 4 amide bonds. The Balaban J connectivity index is 1.47. The third kappa shape index (κ3) is 6.68. The molecule has 1 unspecified atom stereocenters. The fourth-order valence-electron chi connectivity index (χ4n) is 4.14. The molecule has 0 bridgehead atoms. The third-order valence-corrected chi connectivity index (χ3v) is 6.30. The van der Waals surface area contributed by atoms with Crippen molar-refractivity contribution in [3.05, 3.63) is 28.2 Å². The zero-order valence-corrected chi connectivity index (χ0v) is 18.2. The van der Waals surface area contributed by atoms with E-state index in [1.54, 1.807) is 23.1 Å². The van der Waals surface area contributed by atoms with Crippen molar-refractivity contribution in [1.82, 2.24) is 15.5 Å². The zero-order chi connectivity index (χ0) is 20.6. The van der Waals surface area contributed by atoms with Gasteiger partial charge in [0.2, 0.25) is 0 Å². The van der Waals surface area contributed by atoms with Crippen LogP contribution >= 0.6 is 23.2 Å². The van der Waals surface area contributed by atoms with Crippen LogP contribution in [0.5, 0.6) is 0 Å². The lowest BCUT2D eigenvalue weighted by Crippen LogP contribution is -2.48. The fourth-order valence-corrected chi connectivity index (χ4v) is 4.60. The molecule has 1 aromatic rings. The van der Waals surface area contributed by atoms with Gasteiger partial charge in [0.1, 0.15) is 0 Å². The second-order valence-corrected chi connectivity index (χ2v) is 8.78. The van der Waals surface area contributed by atoms with Crippen LogP contribution in [0, 0.1) is 0 Å². The first-order valence-corrected chi connectivity index (χ1v) is 11.4. The summed E-state index contributed by atoms with van der Waals surface area (Å²) < 4.78 is 0. The Bertz CT molecular complexity index is 708. The molecule has 1 aliphatic carbocycles. The van der Waals surface area contributed by atoms with E-state index in [0.717, 1.165) is 25.7 Å². The molecule has 2 aliphatic rings. The number of anilines is 1. The van der Waals surface area contributed by atoms with Crippen molar-refractivity contribution in [2.75, 3.05) is 18.4 Å². The van der Waals surface area contributed by atoms with Crippen LogP contribution in [0.3, 0.4) is 0 Å². The monoisotopic (exact) mass is 440 g/mol. The molecule has 0 spiro atoms. The van der Waals surface area contributed by atoms with E-state index in [0.29, 0.717) is 28.8 Å². The van der Waals surface area contributed by atoms with Gasteiger partial charge in [-0.05, 0) is 43.9 Å². The van der Waals surface area contributed by atoms with Crippen LogP contribution in [-0.4, -0.2) is 42.1 Å². The number of hydrogen-bond donors (Lipinski definition) is 3. The van der Waals surface area contributed by atoms with Crippen molar-refractivity contribution in [1.29, 1.82) is 0 Å². The number of nitrogens with one attached hydrogen (secondary N) is 3. The second-order valence-electron chi connectivity index (χ2n) is 7.94. The van der Waals surface area contributed by atoms with E-state index >= 15 is 0 Å². The maximum absolute atomic E-state index is 12.7. The lowest BCUT2D eigenvalue weighted by atomic mass is 9.97. The van der Waals surface area contributed by atoms with Gasteiger partial charge in [-0.3, -0.25) is 0 Å².